The smallest absolute Gasteiger partial charge is 0.411 e. The van der Waals surface area contributed by atoms with Gasteiger partial charge in [0.15, 0.2) is 0 Å². The van der Waals surface area contributed by atoms with Gasteiger partial charge >= 0.3 is 6.09 Å². The van der Waals surface area contributed by atoms with Crippen LogP contribution in [0.15, 0.2) is 42.5 Å². The maximum atomic E-state index is 11.9. The van der Waals surface area contributed by atoms with E-state index in [1.807, 2.05) is 42.5 Å². The van der Waals surface area contributed by atoms with Gasteiger partial charge in [-0.2, -0.15) is 0 Å². The van der Waals surface area contributed by atoms with E-state index in [4.69, 9.17) is 4.74 Å². The molecule has 0 heterocycles. The molecule has 2 aromatic carbocycles. The van der Waals surface area contributed by atoms with Gasteiger partial charge < -0.3 is 4.74 Å². The second-order valence-electron chi connectivity index (χ2n) is 5.40. The van der Waals surface area contributed by atoms with Crippen molar-refractivity contribution >= 4 is 22.6 Å². The van der Waals surface area contributed by atoms with Crippen LogP contribution in [0.1, 0.15) is 25.7 Å². The highest BCUT2D eigenvalue weighted by Crippen LogP contribution is 2.25. The van der Waals surface area contributed by atoms with Crippen LogP contribution in [0.25, 0.3) is 10.8 Å². The summed E-state index contributed by atoms with van der Waals surface area (Å²) >= 11 is 0. The molecule has 0 aromatic heterocycles. The quantitative estimate of drug-likeness (QED) is 0.885. The number of fused-ring (bicyclic) bond motifs is 1. The molecule has 3 rings (SSSR count). The molecule has 1 saturated carbocycles. The Morgan fingerprint density at radius 3 is 2.70 bits per heavy atom. The fraction of sp³-hybridized carbons (Fsp3) is 0.353. The third kappa shape index (κ3) is 2.93. The summed E-state index contributed by atoms with van der Waals surface area (Å²) in [5, 5.41) is 4.99. The zero-order chi connectivity index (χ0) is 13.8. The van der Waals surface area contributed by atoms with E-state index in [1.165, 1.54) is 25.7 Å². The Kier molecular flexibility index (Phi) is 3.86. The molecule has 2 aromatic rings. The van der Waals surface area contributed by atoms with Crippen molar-refractivity contribution in [3.8, 4) is 0 Å². The van der Waals surface area contributed by atoms with E-state index in [0.29, 0.717) is 12.5 Å². The van der Waals surface area contributed by atoms with Crippen LogP contribution >= 0.6 is 0 Å². The average molecular weight is 269 g/mol. The monoisotopic (exact) mass is 269 g/mol. The largest absolute Gasteiger partial charge is 0.449 e. The topological polar surface area (TPSA) is 38.3 Å². The van der Waals surface area contributed by atoms with E-state index in [0.717, 1.165) is 16.5 Å². The summed E-state index contributed by atoms with van der Waals surface area (Å²) in [4.78, 5) is 11.9. The van der Waals surface area contributed by atoms with Crippen molar-refractivity contribution in [2.75, 3.05) is 11.9 Å². The molecule has 1 N–H and O–H groups in total. The minimum Gasteiger partial charge on any atom is -0.449 e. The van der Waals surface area contributed by atoms with E-state index in [9.17, 15) is 4.79 Å². The number of hydrogen-bond donors (Lipinski definition) is 1. The first-order chi connectivity index (χ1) is 9.83. The van der Waals surface area contributed by atoms with Gasteiger partial charge in [0.05, 0.1) is 12.3 Å². The molecule has 0 aliphatic heterocycles. The Labute approximate surface area is 118 Å². The van der Waals surface area contributed by atoms with Crippen molar-refractivity contribution < 1.29 is 9.53 Å². The molecule has 1 amide bonds. The Bertz CT molecular complexity index is 597. The number of ether oxygens (including phenoxy) is 1. The highest BCUT2D eigenvalue weighted by molar-refractivity contribution is 6.00. The highest BCUT2D eigenvalue weighted by Gasteiger charge is 2.17. The summed E-state index contributed by atoms with van der Waals surface area (Å²) in [6.45, 7) is 0.538. The number of carbonyl (C=O) groups is 1. The van der Waals surface area contributed by atoms with E-state index in [2.05, 4.69) is 5.32 Å². The van der Waals surface area contributed by atoms with Crippen molar-refractivity contribution in [1.29, 1.82) is 0 Å². The Hall–Kier alpha value is -2.03. The van der Waals surface area contributed by atoms with E-state index in [-0.39, 0.29) is 6.09 Å². The van der Waals surface area contributed by atoms with Crippen LogP contribution in [0.5, 0.6) is 0 Å². The van der Waals surface area contributed by atoms with Gasteiger partial charge in [-0.05, 0) is 30.2 Å². The summed E-state index contributed by atoms with van der Waals surface area (Å²) in [6, 6.07) is 13.9. The van der Waals surface area contributed by atoms with Crippen LogP contribution in [0.2, 0.25) is 0 Å². The summed E-state index contributed by atoms with van der Waals surface area (Å²) in [5.74, 6) is 0.549. The summed E-state index contributed by atoms with van der Waals surface area (Å²) < 4.78 is 5.33. The number of amides is 1. The predicted octanol–water partition coefficient (Wildman–Crippen LogP) is 4.58. The lowest BCUT2D eigenvalue weighted by molar-refractivity contribution is 0.142. The first-order valence-corrected chi connectivity index (χ1v) is 7.24. The summed E-state index contributed by atoms with van der Waals surface area (Å²) in [5.41, 5.74) is 0.805. The molecule has 3 heteroatoms. The maximum Gasteiger partial charge on any atom is 0.411 e. The summed E-state index contributed by atoms with van der Waals surface area (Å²) in [6.07, 6.45) is 4.54. The highest BCUT2D eigenvalue weighted by atomic mass is 16.5. The summed E-state index contributed by atoms with van der Waals surface area (Å²) in [7, 11) is 0. The van der Waals surface area contributed by atoms with Gasteiger partial charge in [-0.1, -0.05) is 49.2 Å². The van der Waals surface area contributed by atoms with Crippen LogP contribution in [-0.4, -0.2) is 12.7 Å². The number of carbonyl (C=O) groups excluding carboxylic acids is 1. The second-order valence-corrected chi connectivity index (χ2v) is 5.40. The first-order valence-electron chi connectivity index (χ1n) is 7.24. The lowest BCUT2D eigenvalue weighted by atomic mass is 10.1. The van der Waals surface area contributed by atoms with Crippen LogP contribution < -0.4 is 5.32 Å². The molecule has 104 valence electrons. The predicted molar refractivity (Wildman–Crippen MR) is 80.9 cm³/mol. The Morgan fingerprint density at radius 1 is 1.10 bits per heavy atom. The molecule has 3 nitrogen and oxygen atoms in total. The number of nitrogens with one attached hydrogen (secondary N) is 1. The van der Waals surface area contributed by atoms with Crippen LogP contribution in [0, 0.1) is 5.92 Å². The second kappa shape index (κ2) is 5.95. The minimum absolute atomic E-state index is 0.353. The van der Waals surface area contributed by atoms with Gasteiger partial charge in [0.2, 0.25) is 0 Å². The van der Waals surface area contributed by atoms with Gasteiger partial charge in [-0.3, -0.25) is 5.32 Å². The van der Waals surface area contributed by atoms with Gasteiger partial charge in [-0.15, -0.1) is 0 Å². The SMILES string of the molecule is O=C(Nc1cccc2ccccc12)OCC1CCCC1. The van der Waals surface area contributed by atoms with Crippen molar-refractivity contribution in [1.82, 2.24) is 0 Å². The fourth-order valence-corrected chi connectivity index (χ4v) is 2.85. The lowest BCUT2D eigenvalue weighted by Crippen LogP contribution is -2.17. The Morgan fingerprint density at radius 2 is 1.85 bits per heavy atom. The molecular weight excluding hydrogens is 250 g/mol. The van der Waals surface area contributed by atoms with Crippen molar-refractivity contribution in [2.24, 2.45) is 5.92 Å². The molecule has 1 aliphatic carbocycles. The molecule has 20 heavy (non-hydrogen) atoms. The number of anilines is 1. The van der Waals surface area contributed by atoms with Gasteiger partial charge in [0.25, 0.3) is 0 Å². The van der Waals surface area contributed by atoms with E-state index in [1.54, 1.807) is 0 Å². The van der Waals surface area contributed by atoms with E-state index < -0.39 is 0 Å². The zero-order valence-electron chi connectivity index (χ0n) is 11.5. The fourth-order valence-electron chi connectivity index (χ4n) is 2.85. The zero-order valence-corrected chi connectivity index (χ0v) is 11.5. The minimum atomic E-state index is -0.353. The van der Waals surface area contributed by atoms with Crippen LogP contribution in [0.3, 0.4) is 0 Å². The van der Waals surface area contributed by atoms with Gasteiger partial charge in [0, 0.05) is 5.39 Å². The number of rotatable bonds is 3. The molecule has 0 spiro atoms. The third-order valence-electron chi connectivity index (χ3n) is 3.95. The van der Waals surface area contributed by atoms with Gasteiger partial charge in [-0.25, -0.2) is 4.79 Å². The van der Waals surface area contributed by atoms with Crippen LogP contribution in [-0.2, 0) is 4.74 Å². The molecule has 0 radical (unpaired) electrons. The molecule has 0 unspecified atom stereocenters. The molecular formula is C17H19NO2. The first kappa shape index (κ1) is 13.0. The lowest BCUT2D eigenvalue weighted by Gasteiger charge is -2.12. The average Bonchev–Trinajstić information content (AvgIpc) is 2.99. The van der Waals surface area contributed by atoms with Crippen molar-refractivity contribution in [2.45, 2.75) is 25.7 Å². The van der Waals surface area contributed by atoms with Crippen LogP contribution in [0.4, 0.5) is 10.5 Å². The molecule has 1 fully saturated rings. The number of hydrogen-bond acceptors (Lipinski definition) is 2. The molecule has 0 atom stereocenters. The van der Waals surface area contributed by atoms with Gasteiger partial charge in [0.1, 0.15) is 0 Å². The normalized spacial score (nSPS) is 15.4. The standard InChI is InChI=1S/C17H19NO2/c19-17(20-12-13-6-1-2-7-13)18-16-11-5-9-14-8-3-4-10-15(14)16/h3-5,8-11,13H,1-2,6-7,12H2,(H,18,19). The van der Waals surface area contributed by atoms with Crippen molar-refractivity contribution in [3.63, 3.8) is 0 Å². The Balaban J connectivity index is 1.65. The van der Waals surface area contributed by atoms with Crippen molar-refractivity contribution in [3.05, 3.63) is 42.5 Å². The molecule has 0 bridgehead atoms. The molecule has 0 saturated heterocycles. The maximum absolute atomic E-state index is 11.9. The third-order valence-corrected chi connectivity index (χ3v) is 3.95. The number of benzene rings is 2. The molecule has 1 aliphatic rings. The van der Waals surface area contributed by atoms with E-state index >= 15 is 0 Å².